The Morgan fingerprint density at radius 3 is 2.38 bits per heavy atom. The van der Waals surface area contributed by atoms with Gasteiger partial charge in [-0.1, -0.05) is 18.2 Å². The van der Waals surface area contributed by atoms with Gasteiger partial charge in [-0.2, -0.15) is 0 Å². The van der Waals surface area contributed by atoms with Crippen molar-refractivity contribution in [1.82, 2.24) is 0 Å². The average Bonchev–Trinajstić information content (AvgIpc) is 2.57. The van der Waals surface area contributed by atoms with E-state index in [1.807, 2.05) is 19.1 Å². The molecule has 1 aliphatic rings. The van der Waals surface area contributed by atoms with Crippen molar-refractivity contribution in [2.45, 2.75) is 39.7 Å². The normalized spacial score (nSPS) is 15.3. The van der Waals surface area contributed by atoms with E-state index in [-0.39, 0.29) is 6.10 Å². The van der Waals surface area contributed by atoms with E-state index in [1.165, 1.54) is 16.7 Å². The van der Waals surface area contributed by atoms with Crippen LogP contribution >= 0.6 is 0 Å². The summed E-state index contributed by atoms with van der Waals surface area (Å²) in [6.45, 7) is 7.76. The second-order valence-electron chi connectivity index (χ2n) is 6.50. The van der Waals surface area contributed by atoms with E-state index >= 15 is 0 Å². The predicted molar refractivity (Wildman–Crippen MR) is 95.9 cm³/mol. The number of benzene rings is 2. The topological polar surface area (TPSA) is 35.5 Å². The third-order valence-electron chi connectivity index (χ3n) is 4.75. The summed E-state index contributed by atoms with van der Waals surface area (Å²) in [5, 5.41) is 0. The maximum Gasteiger partial charge on any atom is 0.150 e. The summed E-state index contributed by atoms with van der Waals surface area (Å²) in [7, 11) is 0. The van der Waals surface area contributed by atoms with Gasteiger partial charge < -0.3 is 9.47 Å². The SMILES string of the molecule is Cc1cc(OC2CCOCC2)cc(C)c1-c1cccc(C=O)c1C. The molecule has 0 unspecified atom stereocenters. The molecule has 1 heterocycles. The van der Waals surface area contributed by atoms with Gasteiger partial charge in [0.2, 0.25) is 0 Å². The van der Waals surface area contributed by atoms with Crippen LogP contribution in [0.25, 0.3) is 11.1 Å². The number of carbonyl (C=O) groups excluding carboxylic acids is 1. The van der Waals surface area contributed by atoms with Crippen LogP contribution in [0.2, 0.25) is 0 Å². The molecule has 0 amide bonds. The first-order valence-corrected chi connectivity index (χ1v) is 8.51. The minimum atomic E-state index is 0.239. The highest BCUT2D eigenvalue weighted by molar-refractivity contribution is 5.84. The molecule has 0 atom stereocenters. The lowest BCUT2D eigenvalue weighted by Gasteiger charge is -2.24. The zero-order valence-corrected chi connectivity index (χ0v) is 14.6. The van der Waals surface area contributed by atoms with E-state index in [2.05, 4.69) is 32.0 Å². The largest absolute Gasteiger partial charge is 0.490 e. The summed E-state index contributed by atoms with van der Waals surface area (Å²) in [4.78, 5) is 11.2. The number of carbonyl (C=O) groups is 1. The van der Waals surface area contributed by atoms with Crippen molar-refractivity contribution >= 4 is 6.29 Å². The van der Waals surface area contributed by atoms with Gasteiger partial charge in [0, 0.05) is 18.4 Å². The molecule has 3 heteroatoms. The molecule has 0 N–H and O–H groups in total. The molecule has 1 saturated heterocycles. The van der Waals surface area contributed by atoms with Crippen LogP contribution in [0.15, 0.2) is 30.3 Å². The van der Waals surface area contributed by atoms with E-state index in [4.69, 9.17) is 9.47 Å². The Morgan fingerprint density at radius 1 is 1.08 bits per heavy atom. The standard InChI is InChI=1S/C21H24O3/c1-14-11-19(24-18-7-9-23-10-8-18)12-15(2)21(14)20-6-4-5-17(13-22)16(20)3/h4-6,11-13,18H,7-10H2,1-3H3. The summed E-state index contributed by atoms with van der Waals surface area (Å²) >= 11 is 0. The molecular weight excluding hydrogens is 300 g/mol. The zero-order chi connectivity index (χ0) is 17.1. The molecule has 2 aromatic rings. The summed E-state index contributed by atoms with van der Waals surface area (Å²) < 4.78 is 11.5. The van der Waals surface area contributed by atoms with Crippen LogP contribution in [0.5, 0.6) is 5.75 Å². The Labute approximate surface area is 143 Å². The molecule has 1 aliphatic heterocycles. The fraction of sp³-hybridized carbons (Fsp3) is 0.381. The highest BCUT2D eigenvalue weighted by Crippen LogP contribution is 2.34. The second kappa shape index (κ2) is 7.18. The first-order chi connectivity index (χ1) is 11.6. The summed E-state index contributed by atoms with van der Waals surface area (Å²) in [5.74, 6) is 0.921. The monoisotopic (exact) mass is 324 g/mol. The van der Waals surface area contributed by atoms with Crippen LogP contribution in [-0.4, -0.2) is 25.6 Å². The first kappa shape index (κ1) is 16.7. The van der Waals surface area contributed by atoms with E-state index in [0.717, 1.165) is 54.8 Å². The van der Waals surface area contributed by atoms with Gasteiger partial charge >= 0.3 is 0 Å². The van der Waals surface area contributed by atoms with E-state index < -0.39 is 0 Å². The molecule has 3 rings (SSSR count). The molecule has 0 saturated carbocycles. The van der Waals surface area contributed by atoms with Crippen molar-refractivity contribution < 1.29 is 14.3 Å². The van der Waals surface area contributed by atoms with Crippen LogP contribution < -0.4 is 4.74 Å². The fourth-order valence-corrected chi connectivity index (χ4v) is 3.45. The van der Waals surface area contributed by atoms with Crippen LogP contribution in [0.3, 0.4) is 0 Å². The maximum absolute atomic E-state index is 11.2. The molecule has 126 valence electrons. The zero-order valence-electron chi connectivity index (χ0n) is 14.6. The number of aryl methyl sites for hydroxylation is 2. The van der Waals surface area contributed by atoms with Gasteiger partial charge in [-0.3, -0.25) is 4.79 Å². The van der Waals surface area contributed by atoms with Gasteiger partial charge in [0.1, 0.15) is 18.1 Å². The van der Waals surface area contributed by atoms with Crippen molar-refractivity contribution in [3.05, 3.63) is 52.6 Å². The molecular formula is C21H24O3. The Hall–Kier alpha value is -2.13. The quantitative estimate of drug-likeness (QED) is 0.768. The predicted octanol–water partition coefficient (Wildman–Crippen LogP) is 4.65. The summed E-state index contributed by atoms with van der Waals surface area (Å²) in [6.07, 6.45) is 3.05. The van der Waals surface area contributed by atoms with Crippen LogP contribution in [0.1, 0.15) is 39.9 Å². The Morgan fingerprint density at radius 2 is 1.75 bits per heavy atom. The highest BCUT2D eigenvalue weighted by atomic mass is 16.5. The van der Waals surface area contributed by atoms with Crippen molar-refractivity contribution in [3.8, 4) is 16.9 Å². The Balaban J connectivity index is 1.94. The van der Waals surface area contributed by atoms with Gasteiger partial charge in [-0.05, 0) is 60.7 Å². The number of rotatable bonds is 4. The lowest BCUT2D eigenvalue weighted by molar-refractivity contribution is 0.0255. The van der Waals surface area contributed by atoms with Crippen molar-refractivity contribution in [3.63, 3.8) is 0 Å². The van der Waals surface area contributed by atoms with Crippen LogP contribution in [0.4, 0.5) is 0 Å². The van der Waals surface area contributed by atoms with Crippen molar-refractivity contribution in [1.29, 1.82) is 0 Å². The smallest absolute Gasteiger partial charge is 0.150 e. The Kier molecular flexibility index (Phi) is 5.00. The minimum absolute atomic E-state index is 0.239. The van der Waals surface area contributed by atoms with E-state index in [9.17, 15) is 4.79 Å². The maximum atomic E-state index is 11.2. The number of hydrogen-bond acceptors (Lipinski definition) is 3. The summed E-state index contributed by atoms with van der Waals surface area (Å²) in [6, 6.07) is 10.1. The third kappa shape index (κ3) is 3.36. The second-order valence-corrected chi connectivity index (χ2v) is 6.50. The highest BCUT2D eigenvalue weighted by Gasteiger charge is 2.17. The fourth-order valence-electron chi connectivity index (χ4n) is 3.45. The number of aldehydes is 1. The van der Waals surface area contributed by atoms with Gasteiger partial charge in [-0.15, -0.1) is 0 Å². The molecule has 0 aromatic heterocycles. The van der Waals surface area contributed by atoms with Crippen molar-refractivity contribution in [2.75, 3.05) is 13.2 Å². The molecule has 2 aromatic carbocycles. The number of hydrogen-bond donors (Lipinski definition) is 0. The average molecular weight is 324 g/mol. The molecule has 24 heavy (non-hydrogen) atoms. The molecule has 0 aliphatic carbocycles. The molecule has 0 radical (unpaired) electrons. The van der Waals surface area contributed by atoms with E-state index in [0.29, 0.717) is 0 Å². The molecule has 0 spiro atoms. The van der Waals surface area contributed by atoms with Gasteiger partial charge in [-0.25, -0.2) is 0 Å². The first-order valence-electron chi connectivity index (χ1n) is 8.51. The van der Waals surface area contributed by atoms with Gasteiger partial charge in [0.25, 0.3) is 0 Å². The minimum Gasteiger partial charge on any atom is -0.490 e. The lowest BCUT2D eigenvalue weighted by atomic mass is 9.90. The summed E-state index contributed by atoms with van der Waals surface area (Å²) in [5.41, 5.74) is 6.42. The van der Waals surface area contributed by atoms with Crippen molar-refractivity contribution in [2.24, 2.45) is 0 Å². The van der Waals surface area contributed by atoms with Crippen LogP contribution in [-0.2, 0) is 4.74 Å². The van der Waals surface area contributed by atoms with Crippen LogP contribution in [0, 0.1) is 20.8 Å². The number of ether oxygens (including phenoxy) is 2. The molecule has 1 fully saturated rings. The van der Waals surface area contributed by atoms with Gasteiger partial charge in [0.05, 0.1) is 13.2 Å². The third-order valence-corrected chi connectivity index (χ3v) is 4.75. The lowest BCUT2D eigenvalue weighted by Crippen LogP contribution is -2.25. The van der Waals surface area contributed by atoms with Gasteiger partial charge in [0.15, 0.2) is 0 Å². The molecule has 0 bridgehead atoms. The molecule has 3 nitrogen and oxygen atoms in total. The van der Waals surface area contributed by atoms with E-state index in [1.54, 1.807) is 0 Å². The Bertz CT molecular complexity index is 720.